The van der Waals surface area contributed by atoms with Gasteiger partial charge in [-0.25, -0.2) is 0 Å². The molecule has 2 nitrogen and oxygen atoms in total. The fraction of sp³-hybridized carbons (Fsp3) is 0.923. The summed E-state index contributed by atoms with van der Waals surface area (Å²) in [6.45, 7) is 7.03. The fourth-order valence-corrected chi connectivity index (χ4v) is 2.25. The van der Waals surface area contributed by atoms with Gasteiger partial charge < -0.3 is 9.47 Å². The molecule has 0 saturated carbocycles. The summed E-state index contributed by atoms with van der Waals surface area (Å²) in [6.07, 6.45) is 7.95. The number of thioether (sulfide) groups is 1. The molecule has 0 aliphatic rings. The molecule has 0 saturated heterocycles. The van der Waals surface area contributed by atoms with Gasteiger partial charge in [-0.2, -0.15) is 0 Å². The molecule has 0 radical (unpaired) electrons. The lowest BCUT2D eigenvalue weighted by atomic mass is 10.1. The topological polar surface area (TPSA) is 18.5 Å². The van der Waals surface area contributed by atoms with E-state index in [-0.39, 0.29) is 6.10 Å². The van der Waals surface area contributed by atoms with Crippen molar-refractivity contribution in [2.24, 2.45) is 0 Å². The zero-order chi connectivity index (χ0) is 12.9. The second kappa shape index (κ2) is 12.7. The summed E-state index contributed by atoms with van der Waals surface area (Å²) in [7, 11) is 0. The van der Waals surface area contributed by atoms with E-state index in [4.69, 9.17) is 21.7 Å². The standard InChI is InChI=1S/C13H26O2S2/c1-4-5-6-7-8-9-10-14-11-17-13(16)15-12(2)3/h12H,4-11H2,1-3H3. The third kappa shape index (κ3) is 14.1. The van der Waals surface area contributed by atoms with Crippen molar-refractivity contribution in [2.45, 2.75) is 65.4 Å². The Kier molecular flexibility index (Phi) is 12.8. The van der Waals surface area contributed by atoms with Gasteiger partial charge in [-0.1, -0.05) is 39.0 Å². The average Bonchev–Trinajstić information content (AvgIpc) is 2.26. The van der Waals surface area contributed by atoms with Crippen molar-refractivity contribution in [1.82, 2.24) is 0 Å². The first-order valence-corrected chi connectivity index (χ1v) is 7.97. The zero-order valence-electron chi connectivity index (χ0n) is 11.4. The SMILES string of the molecule is CCCCCCCCOCSC(=S)OC(C)C. The van der Waals surface area contributed by atoms with E-state index < -0.39 is 0 Å². The van der Waals surface area contributed by atoms with Crippen LogP contribution in [-0.2, 0) is 9.47 Å². The van der Waals surface area contributed by atoms with Crippen molar-refractivity contribution in [3.63, 3.8) is 0 Å². The summed E-state index contributed by atoms with van der Waals surface area (Å²) < 4.78 is 11.4. The van der Waals surface area contributed by atoms with Gasteiger partial charge in [0.2, 0.25) is 4.38 Å². The first-order valence-electron chi connectivity index (χ1n) is 6.58. The Morgan fingerprint density at radius 3 is 2.41 bits per heavy atom. The molecule has 0 aromatic heterocycles. The molecule has 0 aromatic rings. The molecule has 0 aromatic carbocycles. The minimum atomic E-state index is 0.161. The van der Waals surface area contributed by atoms with Gasteiger partial charge >= 0.3 is 0 Å². The van der Waals surface area contributed by atoms with Gasteiger partial charge in [0.15, 0.2) is 0 Å². The summed E-state index contributed by atoms with van der Waals surface area (Å²) in [5.74, 6) is 0.612. The van der Waals surface area contributed by atoms with Crippen LogP contribution in [0, 0.1) is 0 Å². The van der Waals surface area contributed by atoms with Crippen LogP contribution in [0.25, 0.3) is 0 Å². The number of hydrogen-bond donors (Lipinski definition) is 0. The molecule has 0 atom stereocenters. The van der Waals surface area contributed by atoms with Crippen molar-refractivity contribution in [2.75, 3.05) is 12.5 Å². The van der Waals surface area contributed by atoms with E-state index in [1.54, 1.807) is 0 Å². The maximum atomic E-state index is 5.49. The Morgan fingerprint density at radius 1 is 1.12 bits per heavy atom. The second-order valence-electron chi connectivity index (χ2n) is 4.35. The first-order chi connectivity index (χ1) is 8.16. The molecule has 0 bridgehead atoms. The highest BCUT2D eigenvalue weighted by Crippen LogP contribution is 2.09. The minimum absolute atomic E-state index is 0.161. The Labute approximate surface area is 116 Å². The number of ether oxygens (including phenoxy) is 2. The van der Waals surface area contributed by atoms with E-state index in [2.05, 4.69) is 6.92 Å². The molecule has 0 heterocycles. The molecule has 0 rings (SSSR count). The maximum Gasteiger partial charge on any atom is 0.222 e. The highest BCUT2D eigenvalue weighted by molar-refractivity contribution is 8.22. The monoisotopic (exact) mass is 278 g/mol. The van der Waals surface area contributed by atoms with Crippen molar-refractivity contribution in [3.8, 4) is 0 Å². The summed E-state index contributed by atoms with van der Waals surface area (Å²) in [5.41, 5.74) is 0. The summed E-state index contributed by atoms with van der Waals surface area (Å²) >= 11 is 6.50. The van der Waals surface area contributed by atoms with Crippen LogP contribution in [0.5, 0.6) is 0 Å². The highest BCUT2D eigenvalue weighted by Gasteiger charge is 2.01. The number of rotatable bonds is 10. The molecular weight excluding hydrogens is 252 g/mol. The molecule has 0 spiro atoms. The molecule has 0 unspecified atom stereocenters. The highest BCUT2D eigenvalue weighted by atomic mass is 32.2. The predicted molar refractivity (Wildman–Crippen MR) is 80.6 cm³/mol. The molecular formula is C13H26O2S2. The van der Waals surface area contributed by atoms with Crippen molar-refractivity contribution >= 4 is 28.4 Å². The normalized spacial score (nSPS) is 10.8. The van der Waals surface area contributed by atoms with Crippen LogP contribution >= 0.6 is 24.0 Å². The van der Waals surface area contributed by atoms with Crippen molar-refractivity contribution in [1.29, 1.82) is 0 Å². The summed E-state index contributed by atoms with van der Waals surface area (Å²) in [5, 5.41) is 0. The number of thiocarbonyl (C=S) groups is 1. The second-order valence-corrected chi connectivity index (χ2v) is 5.88. The van der Waals surface area contributed by atoms with E-state index in [0.717, 1.165) is 13.0 Å². The van der Waals surface area contributed by atoms with E-state index >= 15 is 0 Å². The van der Waals surface area contributed by atoms with Crippen molar-refractivity contribution in [3.05, 3.63) is 0 Å². The third-order valence-electron chi connectivity index (χ3n) is 2.23. The average molecular weight is 278 g/mol. The van der Waals surface area contributed by atoms with Crippen LogP contribution < -0.4 is 0 Å². The Hall–Kier alpha value is 0.200. The van der Waals surface area contributed by atoms with E-state index in [1.807, 2.05) is 13.8 Å². The lowest BCUT2D eigenvalue weighted by Crippen LogP contribution is -2.07. The first kappa shape index (κ1) is 17.2. The van der Waals surface area contributed by atoms with Crippen LogP contribution in [0.1, 0.15) is 59.3 Å². The van der Waals surface area contributed by atoms with Gasteiger partial charge in [0, 0.05) is 6.61 Å². The van der Waals surface area contributed by atoms with Crippen LogP contribution in [0.4, 0.5) is 0 Å². The largest absolute Gasteiger partial charge is 0.476 e. The van der Waals surface area contributed by atoms with Gasteiger partial charge in [0.05, 0.1) is 6.10 Å². The van der Waals surface area contributed by atoms with Crippen LogP contribution in [-0.4, -0.2) is 23.0 Å². The maximum absolute atomic E-state index is 5.49. The third-order valence-corrected chi connectivity index (χ3v) is 3.30. The minimum Gasteiger partial charge on any atom is -0.476 e. The summed E-state index contributed by atoms with van der Waals surface area (Å²) in [4.78, 5) is 0. The van der Waals surface area contributed by atoms with E-state index in [1.165, 1.54) is 43.9 Å². The Bertz CT molecular complexity index is 184. The smallest absolute Gasteiger partial charge is 0.222 e. The molecule has 0 aliphatic heterocycles. The predicted octanol–water partition coefficient (Wildman–Crippen LogP) is 4.76. The Balaban J connectivity index is 3.10. The molecule has 0 aliphatic carbocycles. The molecule has 0 fully saturated rings. The van der Waals surface area contributed by atoms with Gasteiger partial charge in [0.25, 0.3) is 0 Å². The molecule has 0 N–H and O–H groups in total. The molecule has 17 heavy (non-hydrogen) atoms. The van der Waals surface area contributed by atoms with Gasteiger partial charge in [0.1, 0.15) is 5.94 Å². The van der Waals surface area contributed by atoms with Crippen LogP contribution in [0.3, 0.4) is 0 Å². The lowest BCUT2D eigenvalue weighted by Gasteiger charge is -2.09. The zero-order valence-corrected chi connectivity index (χ0v) is 13.0. The molecule has 4 heteroatoms. The lowest BCUT2D eigenvalue weighted by molar-refractivity contribution is 0.176. The number of hydrogen-bond acceptors (Lipinski definition) is 4. The van der Waals surface area contributed by atoms with Gasteiger partial charge in [-0.3, -0.25) is 0 Å². The van der Waals surface area contributed by atoms with E-state index in [0.29, 0.717) is 10.3 Å². The van der Waals surface area contributed by atoms with Crippen LogP contribution in [0.2, 0.25) is 0 Å². The summed E-state index contributed by atoms with van der Waals surface area (Å²) in [6, 6.07) is 0. The number of unbranched alkanes of at least 4 members (excludes halogenated alkanes) is 5. The van der Waals surface area contributed by atoms with Crippen molar-refractivity contribution < 1.29 is 9.47 Å². The van der Waals surface area contributed by atoms with Gasteiger partial charge in [-0.15, -0.1) is 0 Å². The molecule has 102 valence electrons. The van der Waals surface area contributed by atoms with Gasteiger partial charge in [-0.05, 0) is 44.2 Å². The quantitative estimate of drug-likeness (QED) is 0.325. The van der Waals surface area contributed by atoms with Crippen LogP contribution in [0.15, 0.2) is 0 Å². The molecule has 0 amide bonds. The fourth-order valence-electron chi connectivity index (χ4n) is 1.36. The Morgan fingerprint density at radius 2 is 1.76 bits per heavy atom. The van der Waals surface area contributed by atoms with E-state index in [9.17, 15) is 0 Å².